The molecule has 0 aromatic carbocycles. The molecule has 5 nitrogen and oxygen atoms in total. The maximum Gasteiger partial charge on any atom is 0.305 e. The maximum atomic E-state index is 11.8. The molecule has 0 radical (unpaired) electrons. The molecule has 0 aliphatic rings. The third-order valence-electron chi connectivity index (χ3n) is 7.95. The van der Waals surface area contributed by atoms with Crippen LogP contribution in [-0.4, -0.2) is 38.4 Å². The molecule has 0 saturated heterocycles. The number of rotatable bonds is 34. The fourth-order valence-electron chi connectivity index (χ4n) is 5.25. The van der Waals surface area contributed by atoms with Crippen molar-refractivity contribution in [3.8, 4) is 0 Å². The molecule has 0 aliphatic heterocycles. The molecular formula is C36H70O5. The van der Waals surface area contributed by atoms with Crippen LogP contribution in [0.25, 0.3) is 0 Å². The molecule has 0 fully saturated rings. The molecule has 0 unspecified atom stereocenters. The fourth-order valence-corrected chi connectivity index (χ4v) is 5.25. The van der Waals surface area contributed by atoms with E-state index in [2.05, 4.69) is 13.8 Å². The monoisotopic (exact) mass is 583 g/mol. The Morgan fingerprint density at radius 2 is 0.585 bits per heavy atom. The molecule has 0 atom stereocenters. The Kier molecular flexibility index (Phi) is 34.2. The predicted octanol–water partition coefficient (Wildman–Crippen LogP) is 11.1. The highest BCUT2D eigenvalue weighted by atomic mass is 16.6. The summed E-state index contributed by atoms with van der Waals surface area (Å²) in [6.45, 7) is 5.77. The van der Waals surface area contributed by atoms with Gasteiger partial charge in [-0.3, -0.25) is 9.59 Å². The summed E-state index contributed by atoms with van der Waals surface area (Å²) in [4.78, 5) is 23.7. The van der Waals surface area contributed by atoms with E-state index >= 15 is 0 Å². The van der Waals surface area contributed by atoms with Crippen LogP contribution in [-0.2, 0) is 23.8 Å². The zero-order chi connectivity index (χ0) is 29.9. The molecule has 41 heavy (non-hydrogen) atoms. The Morgan fingerprint density at radius 3 is 0.854 bits per heavy atom. The Balaban J connectivity index is 3.25. The van der Waals surface area contributed by atoms with Crippen LogP contribution in [0.2, 0.25) is 0 Å². The van der Waals surface area contributed by atoms with Crippen LogP contribution in [0.15, 0.2) is 0 Å². The average Bonchev–Trinajstić information content (AvgIpc) is 2.97. The van der Waals surface area contributed by atoms with Crippen molar-refractivity contribution in [3.63, 3.8) is 0 Å². The molecule has 0 rings (SSSR count). The van der Waals surface area contributed by atoms with Gasteiger partial charge < -0.3 is 14.2 Å². The average molecular weight is 583 g/mol. The van der Waals surface area contributed by atoms with Gasteiger partial charge >= 0.3 is 11.9 Å². The summed E-state index contributed by atoms with van der Waals surface area (Å²) in [5.74, 6) is -0.276. The van der Waals surface area contributed by atoms with Crippen molar-refractivity contribution >= 4 is 11.9 Å². The van der Waals surface area contributed by atoms with Crippen LogP contribution in [0.5, 0.6) is 0 Å². The highest BCUT2D eigenvalue weighted by Crippen LogP contribution is 2.14. The second-order valence-electron chi connectivity index (χ2n) is 12.0. The number of carbonyl (C=O) groups is 2. The highest BCUT2D eigenvalue weighted by molar-refractivity contribution is 5.69. The Bertz CT molecular complexity index is 490. The van der Waals surface area contributed by atoms with Crippen LogP contribution < -0.4 is 0 Å². The summed E-state index contributed by atoms with van der Waals surface area (Å²) in [6.07, 6.45) is 34.8. The number of carbonyl (C=O) groups excluding carboxylic acids is 2. The van der Waals surface area contributed by atoms with Crippen LogP contribution in [0, 0.1) is 0 Å². The number of ether oxygens (including phenoxy) is 3. The van der Waals surface area contributed by atoms with Crippen molar-refractivity contribution in [2.24, 2.45) is 0 Å². The van der Waals surface area contributed by atoms with Crippen LogP contribution in [0.4, 0.5) is 0 Å². The number of esters is 2. The van der Waals surface area contributed by atoms with E-state index in [1.165, 1.54) is 141 Å². The molecule has 0 saturated carbocycles. The van der Waals surface area contributed by atoms with E-state index in [4.69, 9.17) is 14.2 Å². The first kappa shape index (κ1) is 39.9. The fraction of sp³-hybridized carbons (Fsp3) is 0.944. The Hall–Kier alpha value is -1.10. The summed E-state index contributed by atoms with van der Waals surface area (Å²) >= 11 is 0. The van der Waals surface area contributed by atoms with Gasteiger partial charge in [0.2, 0.25) is 0 Å². The lowest BCUT2D eigenvalue weighted by molar-refractivity contribution is -0.146. The largest absolute Gasteiger partial charge is 0.463 e. The Labute approximate surface area is 255 Å². The van der Waals surface area contributed by atoms with Crippen molar-refractivity contribution in [3.05, 3.63) is 0 Å². The first-order valence-electron chi connectivity index (χ1n) is 18.1. The number of hydrogen-bond acceptors (Lipinski definition) is 5. The van der Waals surface area contributed by atoms with Gasteiger partial charge in [-0.15, -0.1) is 0 Å². The van der Waals surface area contributed by atoms with Crippen molar-refractivity contribution < 1.29 is 23.8 Å². The first-order valence-corrected chi connectivity index (χ1v) is 18.1. The highest BCUT2D eigenvalue weighted by Gasteiger charge is 2.04. The second-order valence-corrected chi connectivity index (χ2v) is 12.0. The molecule has 0 heterocycles. The second kappa shape index (κ2) is 35.1. The van der Waals surface area contributed by atoms with Gasteiger partial charge in [0.1, 0.15) is 13.2 Å². The summed E-state index contributed by atoms with van der Waals surface area (Å²) in [7, 11) is 0. The van der Waals surface area contributed by atoms with Gasteiger partial charge in [0.15, 0.2) is 0 Å². The van der Waals surface area contributed by atoms with Gasteiger partial charge in [0.25, 0.3) is 0 Å². The third-order valence-corrected chi connectivity index (χ3v) is 7.95. The minimum atomic E-state index is -0.138. The molecule has 0 aliphatic carbocycles. The lowest BCUT2D eigenvalue weighted by atomic mass is 10.0. The van der Waals surface area contributed by atoms with Gasteiger partial charge in [-0.2, -0.15) is 0 Å². The lowest BCUT2D eigenvalue weighted by Gasteiger charge is -2.07. The van der Waals surface area contributed by atoms with E-state index in [0.717, 1.165) is 25.7 Å². The van der Waals surface area contributed by atoms with Gasteiger partial charge in [-0.25, -0.2) is 0 Å². The standard InChI is InChI=1S/C36H70O5/c1-3-5-7-9-11-13-15-17-19-21-23-25-27-29-35(37)40-33-31-39-32-34-41-36(38)30-28-26-24-22-20-18-16-14-12-10-8-6-4-2/h3-34H2,1-2H3. The van der Waals surface area contributed by atoms with E-state index in [1.54, 1.807) is 0 Å². The van der Waals surface area contributed by atoms with Gasteiger partial charge in [0.05, 0.1) is 13.2 Å². The van der Waals surface area contributed by atoms with Gasteiger partial charge in [-0.05, 0) is 12.8 Å². The van der Waals surface area contributed by atoms with E-state index in [0.29, 0.717) is 26.1 Å². The van der Waals surface area contributed by atoms with E-state index in [-0.39, 0.29) is 25.2 Å². The lowest BCUT2D eigenvalue weighted by Crippen LogP contribution is -2.14. The molecule has 244 valence electrons. The molecular weight excluding hydrogens is 512 g/mol. The van der Waals surface area contributed by atoms with Crippen molar-refractivity contribution in [1.82, 2.24) is 0 Å². The van der Waals surface area contributed by atoms with Crippen LogP contribution in [0.1, 0.15) is 194 Å². The van der Waals surface area contributed by atoms with Crippen molar-refractivity contribution in [2.75, 3.05) is 26.4 Å². The number of hydrogen-bond donors (Lipinski definition) is 0. The summed E-state index contributed by atoms with van der Waals surface area (Å²) in [6, 6.07) is 0. The van der Waals surface area contributed by atoms with Crippen molar-refractivity contribution in [2.45, 2.75) is 194 Å². The van der Waals surface area contributed by atoms with Crippen LogP contribution in [0.3, 0.4) is 0 Å². The van der Waals surface area contributed by atoms with Gasteiger partial charge in [0, 0.05) is 12.8 Å². The molecule has 0 N–H and O–H groups in total. The summed E-state index contributed by atoms with van der Waals surface area (Å²) < 4.78 is 15.9. The molecule has 5 heteroatoms. The molecule has 0 spiro atoms. The van der Waals surface area contributed by atoms with E-state index in [1.807, 2.05) is 0 Å². The summed E-state index contributed by atoms with van der Waals surface area (Å²) in [5.41, 5.74) is 0. The summed E-state index contributed by atoms with van der Waals surface area (Å²) in [5, 5.41) is 0. The molecule has 0 amide bonds. The van der Waals surface area contributed by atoms with Gasteiger partial charge in [-0.1, -0.05) is 168 Å². The van der Waals surface area contributed by atoms with E-state index < -0.39 is 0 Å². The van der Waals surface area contributed by atoms with Crippen LogP contribution >= 0.6 is 0 Å². The minimum Gasteiger partial charge on any atom is -0.463 e. The van der Waals surface area contributed by atoms with E-state index in [9.17, 15) is 9.59 Å². The third kappa shape index (κ3) is 35.0. The number of unbranched alkanes of at least 4 members (excludes halogenated alkanes) is 24. The molecule has 0 aromatic rings. The van der Waals surface area contributed by atoms with Crippen molar-refractivity contribution in [1.29, 1.82) is 0 Å². The first-order chi connectivity index (χ1) is 20.2. The zero-order valence-electron chi connectivity index (χ0n) is 27.7. The normalized spacial score (nSPS) is 11.2. The topological polar surface area (TPSA) is 61.8 Å². The molecule has 0 bridgehead atoms. The SMILES string of the molecule is CCCCCCCCCCCCCCCC(=O)OCCOCCOC(=O)CCCCCCCCCCCCCCC. The Morgan fingerprint density at radius 1 is 0.341 bits per heavy atom. The minimum absolute atomic E-state index is 0.138. The maximum absolute atomic E-state index is 11.8. The zero-order valence-corrected chi connectivity index (χ0v) is 27.7. The predicted molar refractivity (Wildman–Crippen MR) is 173 cm³/mol. The smallest absolute Gasteiger partial charge is 0.305 e. The quantitative estimate of drug-likeness (QED) is 0.0558. The molecule has 0 aromatic heterocycles.